The Morgan fingerprint density at radius 2 is 2.14 bits per heavy atom. The predicted molar refractivity (Wildman–Crippen MR) is 79.0 cm³/mol. The van der Waals surface area contributed by atoms with Crippen LogP contribution in [0.3, 0.4) is 0 Å². The maximum Gasteiger partial charge on any atom is 0.142 e. The van der Waals surface area contributed by atoms with Crippen molar-refractivity contribution in [1.29, 1.82) is 5.26 Å². The minimum Gasteiger partial charge on any atom is -0.376 e. The van der Waals surface area contributed by atoms with E-state index in [2.05, 4.69) is 31.4 Å². The molecule has 0 bridgehead atoms. The molecular weight excluding hydrogens is 266 g/mol. The molecule has 0 N–H and O–H groups in total. The molecule has 1 unspecified atom stereocenters. The summed E-state index contributed by atoms with van der Waals surface area (Å²) < 4.78 is 13.5. The molecule has 1 fully saturated rings. The van der Waals surface area contributed by atoms with E-state index in [-0.39, 0.29) is 11.6 Å². The number of benzene rings is 1. The van der Waals surface area contributed by atoms with Crippen molar-refractivity contribution >= 4 is 11.0 Å². The molecule has 1 aromatic heterocycles. The van der Waals surface area contributed by atoms with Gasteiger partial charge in [-0.25, -0.2) is 4.98 Å². The number of hydrogen-bond donors (Lipinski definition) is 0. The first-order valence-corrected chi connectivity index (χ1v) is 7.13. The lowest BCUT2D eigenvalue weighted by Gasteiger charge is -2.29. The van der Waals surface area contributed by atoms with Crippen LogP contribution in [-0.4, -0.2) is 29.4 Å². The van der Waals surface area contributed by atoms with E-state index in [0.717, 1.165) is 16.9 Å². The third kappa shape index (κ3) is 2.53. The number of nitriles is 1. The van der Waals surface area contributed by atoms with Crippen molar-refractivity contribution in [3.8, 4) is 6.07 Å². The predicted octanol–water partition coefficient (Wildman–Crippen LogP) is 2.75. The Morgan fingerprint density at radius 3 is 2.76 bits per heavy atom. The van der Waals surface area contributed by atoms with Gasteiger partial charge in [-0.3, -0.25) is 0 Å². The van der Waals surface area contributed by atoms with E-state index in [0.29, 0.717) is 25.4 Å². The molecular formula is C16H19N3O2. The van der Waals surface area contributed by atoms with Gasteiger partial charge in [0, 0.05) is 5.54 Å². The summed E-state index contributed by atoms with van der Waals surface area (Å²) in [7, 11) is 0. The fourth-order valence-electron chi connectivity index (χ4n) is 2.73. The number of ether oxygens (including phenoxy) is 2. The molecule has 0 aliphatic carbocycles. The van der Waals surface area contributed by atoms with Crippen LogP contribution in [0.25, 0.3) is 11.0 Å². The molecule has 1 aliphatic rings. The molecule has 0 radical (unpaired) electrons. The standard InChI is InChI=1S/C16H19N3O2/c1-16(2,3)19-13-5-4-11(9-17)8-12(13)18-15(19)14-10-20-6-7-21-14/h4-5,8,14H,6-7,10H2,1-3H3. The number of nitrogens with zero attached hydrogens (tertiary/aromatic N) is 3. The number of hydrogen-bond acceptors (Lipinski definition) is 4. The van der Waals surface area contributed by atoms with E-state index in [9.17, 15) is 0 Å². The topological polar surface area (TPSA) is 60.1 Å². The van der Waals surface area contributed by atoms with Gasteiger partial charge in [0.15, 0.2) is 0 Å². The van der Waals surface area contributed by atoms with Crippen LogP contribution < -0.4 is 0 Å². The van der Waals surface area contributed by atoms with Gasteiger partial charge in [0.1, 0.15) is 11.9 Å². The summed E-state index contributed by atoms with van der Waals surface area (Å²) in [6.07, 6.45) is -0.157. The largest absolute Gasteiger partial charge is 0.376 e. The fraction of sp³-hybridized carbons (Fsp3) is 0.500. The highest BCUT2D eigenvalue weighted by molar-refractivity contribution is 5.78. The van der Waals surface area contributed by atoms with Crippen molar-refractivity contribution < 1.29 is 9.47 Å². The van der Waals surface area contributed by atoms with Crippen LogP contribution in [0.5, 0.6) is 0 Å². The number of fused-ring (bicyclic) bond motifs is 1. The zero-order chi connectivity index (χ0) is 15.0. The molecule has 2 heterocycles. The Balaban J connectivity index is 2.19. The zero-order valence-electron chi connectivity index (χ0n) is 12.6. The lowest BCUT2D eigenvalue weighted by atomic mass is 10.1. The van der Waals surface area contributed by atoms with Crippen molar-refractivity contribution in [3.63, 3.8) is 0 Å². The Hall–Kier alpha value is -1.90. The minimum atomic E-state index is -0.157. The molecule has 21 heavy (non-hydrogen) atoms. The van der Waals surface area contributed by atoms with Crippen LogP contribution in [0.2, 0.25) is 0 Å². The summed E-state index contributed by atoms with van der Waals surface area (Å²) in [6.45, 7) is 8.15. The maximum atomic E-state index is 9.05. The molecule has 110 valence electrons. The van der Waals surface area contributed by atoms with E-state index in [4.69, 9.17) is 19.7 Å². The second-order valence-electron chi connectivity index (χ2n) is 6.23. The van der Waals surface area contributed by atoms with Crippen molar-refractivity contribution in [3.05, 3.63) is 29.6 Å². The summed E-state index contributed by atoms with van der Waals surface area (Å²) in [5, 5.41) is 9.05. The van der Waals surface area contributed by atoms with Gasteiger partial charge in [-0.2, -0.15) is 5.26 Å². The Bertz CT molecular complexity index is 701. The van der Waals surface area contributed by atoms with Crippen LogP contribution in [0.15, 0.2) is 18.2 Å². The second-order valence-corrected chi connectivity index (χ2v) is 6.23. The molecule has 1 aliphatic heterocycles. The van der Waals surface area contributed by atoms with Crippen molar-refractivity contribution in [2.24, 2.45) is 0 Å². The highest BCUT2D eigenvalue weighted by atomic mass is 16.6. The van der Waals surface area contributed by atoms with Gasteiger partial charge in [-0.05, 0) is 39.0 Å². The number of imidazole rings is 1. The van der Waals surface area contributed by atoms with E-state index < -0.39 is 0 Å². The van der Waals surface area contributed by atoms with Crippen LogP contribution >= 0.6 is 0 Å². The molecule has 0 saturated carbocycles. The molecule has 0 spiro atoms. The Labute approximate surface area is 124 Å². The normalized spacial score (nSPS) is 19.6. The van der Waals surface area contributed by atoms with E-state index in [1.807, 2.05) is 18.2 Å². The quantitative estimate of drug-likeness (QED) is 0.808. The van der Waals surface area contributed by atoms with Gasteiger partial charge in [-0.1, -0.05) is 0 Å². The number of aromatic nitrogens is 2. The average Bonchev–Trinajstić information content (AvgIpc) is 2.86. The van der Waals surface area contributed by atoms with Crippen LogP contribution in [0.4, 0.5) is 0 Å². The Kier molecular flexibility index (Phi) is 3.44. The van der Waals surface area contributed by atoms with Gasteiger partial charge in [0.25, 0.3) is 0 Å². The lowest BCUT2D eigenvalue weighted by molar-refractivity contribution is -0.0953. The first-order chi connectivity index (χ1) is 10.0. The summed E-state index contributed by atoms with van der Waals surface area (Å²) in [5.41, 5.74) is 2.34. The minimum absolute atomic E-state index is 0.126. The average molecular weight is 285 g/mol. The zero-order valence-corrected chi connectivity index (χ0v) is 12.6. The molecule has 1 aromatic carbocycles. The van der Waals surface area contributed by atoms with Crippen molar-refractivity contribution in [2.75, 3.05) is 19.8 Å². The highest BCUT2D eigenvalue weighted by Crippen LogP contribution is 2.31. The van der Waals surface area contributed by atoms with Gasteiger partial charge in [0.05, 0.1) is 42.5 Å². The third-order valence-electron chi connectivity index (χ3n) is 3.58. The molecule has 0 amide bonds. The molecule has 5 nitrogen and oxygen atoms in total. The Morgan fingerprint density at radius 1 is 1.33 bits per heavy atom. The summed E-state index contributed by atoms with van der Waals surface area (Å²) >= 11 is 0. The van der Waals surface area contributed by atoms with E-state index >= 15 is 0 Å². The molecule has 1 saturated heterocycles. The highest BCUT2D eigenvalue weighted by Gasteiger charge is 2.28. The first kappa shape index (κ1) is 14.1. The van der Waals surface area contributed by atoms with Crippen LogP contribution in [0.1, 0.15) is 38.3 Å². The van der Waals surface area contributed by atoms with Crippen molar-refractivity contribution in [2.45, 2.75) is 32.4 Å². The van der Waals surface area contributed by atoms with Crippen molar-refractivity contribution in [1.82, 2.24) is 9.55 Å². The summed E-state index contributed by atoms with van der Waals surface area (Å²) in [4.78, 5) is 4.72. The fourth-order valence-corrected chi connectivity index (χ4v) is 2.73. The van der Waals surface area contributed by atoms with Gasteiger partial charge >= 0.3 is 0 Å². The number of rotatable bonds is 1. The maximum absolute atomic E-state index is 9.05. The molecule has 5 heteroatoms. The lowest BCUT2D eigenvalue weighted by Crippen LogP contribution is -2.30. The van der Waals surface area contributed by atoms with E-state index in [1.165, 1.54) is 0 Å². The molecule has 2 aromatic rings. The van der Waals surface area contributed by atoms with Gasteiger partial charge in [-0.15, -0.1) is 0 Å². The van der Waals surface area contributed by atoms with Gasteiger partial charge < -0.3 is 14.0 Å². The summed E-state index contributed by atoms with van der Waals surface area (Å²) in [6, 6.07) is 7.77. The first-order valence-electron chi connectivity index (χ1n) is 7.13. The SMILES string of the molecule is CC(C)(C)n1c(C2COCCO2)nc2cc(C#N)ccc21. The third-order valence-corrected chi connectivity index (χ3v) is 3.58. The van der Waals surface area contributed by atoms with Gasteiger partial charge in [0.2, 0.25) is 0 Å². The monoisotopic (exact) mass is 285 g/mol. The van der Waals surface area contributed by atoms with E-state index in [1.54, 1.807) is 0 Å². The van der Waals surface area contributed by atoms with Crippen LogP contribution in [-0.2, 0) is 15.0 Å². The summed E-state index contributed by atoms with van der Waals surface area (Å²) in [5.74, 6) is 0.868. The smallest absolute Gasteiger partial charge is 0.142 e. The second kappa shape index (κ2) is 5.14. The molecule has 1 atom stereocenters. The van der Waals surface area contributed by atoms with Crippen LogP contribution in [0, 0.1) is 11.3 Å². The molecule has 3 rings (SSSR count).